The summed E-state index contributed by atoms with van der Waals surface area (Å²) in [5, 5.41) is 12.7. The van der Waals surface area contributed by atoms with E-state index >= 15 is 0 Å². The molecule has 148 valence electrons. The Kier molecular flexibility index (Phi) is 6.18. The minimum absolute atomic E-state index is 0.242. The number of hydrogen-bond donors (Lipinski definition) is 2. The number of carbonyl (C=O) groups is 1. The molecule has 1 fully saturated rings. The van der Waals surface area contributed by atoms with Gasteiger partial charge in [0.1, 0.15) is 5.82 Å². The molecule has 0 spiro atoms. The summed E-state index contributed by atoms with van der Waals surface area (Å²) in [7, 11) is 0. The van der Waals surface area contributed by atoms with Gasteiger partial charge in [-0.15, -0.1) is 0 Å². The van der Waals surface area contributed by atoms with E-state index in [2.05, 4.69) is 5.32 Å². The van der Waals surface area contributed by atoms with Gasteiger partial charge in [0.2, 0.25) is 0 Å². The van der Waals surface area contributed by atoms with E-state index in [9.17, 15) is 14.3 Å². The second kappa shape index (κ2) is 8.59. The summed E-state index contributed by atoms with van der Waals surface area (Å²) < 4.78 is 14.9. The number of nitrogens with one attached hydrogen (secondary N) is 1. The fraction of sp³-hybridized carbons (Fsp3) is 0.375. The average molecular weight is 381 g/mol. The fourth-order valence-corrected chi connectivity index (χ4v) is 3.92. The third-order valence-electron chi connectivity index (χ3n) is 5.58. The zero-order chi connectivity index (χ0) is 20.3. The normalized spacial score (nSPS) is 15.1. The summed E-state index contributed by atoms with van der Waals surface area (Å²) in [6, 6.07) is 9.68. The molecule has 0 aromatic heterocycles. The molecule has 3 nitrogen and oxygen atoms in total. The molecular weight excluding hydrogens is 353 g/mol. The zero-order valence-corrected chi connectivity index (χ0v) is 16.8. The molecule has 1 aliphatic carbocycles. The number of aryl methyl sites for hydroxylation is 2. The standard InChI is InChI=1S/C24H28FNO2/c1-4-17(24(27)28)13-18-11-16(3)22(12-15(18)2)21-10-9-20(14-23(21)25)26-19-7-5-6-8-19/h9-14,19,26H,4-8H2,1-3H3,(H,27,28)/b17-13+. The molecule has 0 radical (unpaired) electrons. The Morgan fingerprint density at radius 1 is 1.14 bits per heavy atom. The molecule has 28 heavy (non-hydrogen) atoms. The lowest BCUT2D eigenvalue weighted by molar-refractivity contribution is -0.132. The highest BCUT2D eigenvalue weighted by atomic mass is 19.1. The van der Waals surface area contributed by atoms with Crippen LogP contribution < -0.4 is 5.32 Å². The SMILES string of the molecule is CC/C(=C\c1cc(C)c(-c2ccc(NC3CCCC3)cc2F)cc1C)C(=O)O. The third-order valence-corrected chi connectivity index (χ3v) is 5.58. The monoisotopic (exact) mass is 381 g/mol. The largest absolute Gasteiger partial charge is 0.478 e. The number of anilines is 1. The lowest BCUT2D eigenvalue weighted by Gasteiger charge is -2.16. The minimum atomic E-state index is -0.903. The van der Waals surface area contributed by atoms with Crippen molar-refractivity contribution in [1.29, 1.82) is 0 Å². The molecule has 0 aliphatic heterocycles. The molecule has 4 heteroatoms. The molecule has 1 saturated carbocycles. The summed E-state index contributed by atoms with van der Waals surface area (Å²) >= 11 is 0. The second-order valence-electron chi connectivity index (χ2n) is 7.67. The van der Waals surface area contributed by atoms with Gasteiger partial charge >= 0.3 is 5.97 Å². The first-order chi connectivity index (χ1) is 13.4. The number of hydrogen-bond acceptors (Lipinski definition) is 2. The molecule has 2 aromatic rings. The van der Waals surface area contributed by atoms with E-state index in [-0.39, 0.29) is 5.82 Å². The molecule has 0 bridgehead atoms. The van der Waals surface area contributed by atoms with Crippen molar-refractivity contribution in [3.63, 3.8) is 0 Å². The van der Waals surface area contributed by atoms with Crippen LogP contribution in [0.25, 0.3) is 17.2 Å². The van der Waals surface area contributed by atoms with E-state index in [1.165, 1.54) is 12.8 Å². The molecule has 2 aromatic carbocycles. The van der Waals surface area contributed by atoms with Crippen LogP contribution in [0.2, 0.25) is 0 Å². The number of carboxylic acids is 1. The van der Waals surface area contributed by atoms with E-state index in [4.69, 9.17) is 0 Å². The van der Waals surface area contributed by atoms with Crippen molar-refractivity contribution >= 4 is 17.7 Å². The molecule has 0 heterocycles. The van der Waals surface area contributed by atoms with E-state index in [0.29, 0.717) is 23.6 Å². The van der Waals surface area contributed by atoms with Gasteiger partial charge in [-0.1, -0.05) is 31.9 Å². The van der Waals surface area contributed by atoms with Crippen molar-refractivity contribution in [2.45, 2.75) is 58.9 Å². The molecule has 1 aliphatic rings. The number of rotatable bonds is 6. The third kappa shape index (κ3) is 4.44. The van der Waals surface area contributed by atoms with Crippen LogP contribution in [0, 0.1) is 19.7 Å². The topological polar surface area (TPSA) is 49.3 Å². The van der Waals surface area contributed by atoms with Crippen molar-refractivity contribution in [3.8, 4) is 11.1 Å². The number of aliphatic carboxylic acids is 1. The van der Waals surface area contributed by atoms with Crippen molar-refractivity contribution in [1.82, 2.24) is 0 Å². The van der Waals surface area contributed by atoms with Crippen molar-refractivity contribution in [3.05, 3.63) is 58.4 Å². The van der Waals surface area contributed by atoms with E-state index in [0.717, 1.165) is 40.8 Å². The quantitative estimate of drug-likeness (QED) is 0.574. The highest BCUT2D eigenvalue weighted by molar-refractivity contribution is 5.92. The number of benzene rings is 2. The van der Waals surface area contributed by atoms with Crippen LogP contribution in [-0.4, -0.2) is 17.1 Å². The number of carboxylic acid groups (broad SMARTS) is 1. The molecular formula is C24H28FNO2. The van der Waals surface area contributed by atoms with Crippen LogP contribution in [0.1, 0.15) is 55.7 Å². The summed E-state index contributed by atoms with van der Waals surface area (Å²) in [6.07, 6.45) is 6.93. The van der Waals surface area contributed by atoms with Crippen LogP contribution in [0.5, 0.6) is 0 Å². The Morgan fingerprint density at radius 2 is 1.86 bits per heavy atom. The van der Waals surface area contributed by atoms with Crippen molar-refractivity contribution < 1.29 is 14.3 Å². The summed E-state index contributed by atoms with van der Waals surface area (Å²) in [4.78, 5) is 11.3. The molecule has 0 amide bonds. The Labute approximate surface area is 166 Å². The first-order valence-corrected chi connectivity index (χ1v) is 10.0. The van der Waals surface area contributed by atoms with E-state index in [1.54, 1.807) is 12.1 Å². The molecule has 0 unspecified atom stereocenters. The van der Waals surface area contributed by atoms with Crippen LogP contribution >= 0.6 is 0 Å². The van der Waals surface area contributed by atoms with Crippen molar-refractivity contribution in [2.75, 3.05) is 5.32 Å². The second-order valence-corrected chi connectivity index (χ2v) is 7.67. The Hall–Kier alpha value is -2.62. The lowest BCUT2D eigenvalue weighted by Crippen LogP contribution is -2.14. The molecule has 3 rings (SSSR count). The Morgan fingerprint density at radius 3 is 2.46 bits per heavy atom. The fourth-order valence-electron chi connectivity index (χ4n) is 3.92. The summed E-state index contributed by atoms with van der Waals surface area (Å²) in [5.41, 5.74) is 5.32. The smallest absolute Gasteiger partial charge is 0.331 e. The van der Waals surface area contributed by atoms with Crippen LogP contribution in [0.3, 0.4) is 0 Å². The lowest BCUT2D eigenvalue weighted by atomic mass is 9.93. The maximum absolute atomic E-state index is 14.9. The van der Waals surface area contributed by atoms with Gasteiger partial charge in [0, 0.05) is 22.9 Å². The maximum Gasteiger partial charge on any atom is 0.331 e. The van der Waals surface area contributed by atoms with Gasteiger partial charge in [-0.3, -0.25) is 0 Å². The van der Waals surface area contributed by atoms with Gasteiger partial charge in [-0.2, -0.15) is 0 Å². The van der Waals surface area contributed by atoms with Gasteiger partial charge in [0.05, 0.1) is 0 Å². The van der Waals surface area contributed by atoms with Crippen LogP contribution in [-0.2, 0) is 4.79 Å². The first-order valence-electron chi connectivity index (χ1n) is 10.0. The maximum atomic E-state index is 14.9. The highest BCUT2D eigenvalue weighted by Gasteiger charge is 2.16. The van der Waals surface area contributed by atoms with Gasteiger partial charge in [0.25, 0.3) is 0 Å². The van der Waals surface area contributed by atoms with E-state index < -0.39 is 5.97 Å². The van der Waals surface area contributed by atoms with Crippen LogP contribution in [0.4, 0.5) is 10.1 Å². The number of halogens is 1. The predicted octanol–water partition coefficient (Wildman–Crippen LogP) is 6.34. The zero-order valence-electron chi connectivity index (χ0n) is 16.8. The molecule has 0 atom stereocenters. The van der Waals surface area contributed by atoms with Gasteiger partial charge < -0.3 is 10.4 Å². The average Bonchev–Trinajstić information content (AvgIpc) is 3.15. The minimum Gasteiger partial charge on any atom is -0.478 e. The highest BCUT2D eigenvalue weighted by Crippen LogP contribution is 2.32. The predicted molar refractivity (Wildman–Crippen MR) is 113 cm³/mol. The van der Waals surface area contributed by atoms with Gasteiger partial charge in [-0.05, 0) is 79.6 Å². The molecule has 0 saturated heterocycles. The van der Waals surface area contributed by atoms with Crippen LogP contribution in [0.15, 0.2) is 35.9 Å². The van der Waals surface area contributed by atoms with Gasteiger partial charge in [-0.25, -0.2) is 9.18 Å². The van der Waals surface area contributed by atoms with Crippen molar-refractivity contribution in [2.24, 2.45) is 0 Å². The summed E-state index contributed by atoms with van der Waals surface area (Å²) in [6.45, 7) is 5.69. The Balaban J connectivity index is 1.91. The first kappa shape index (κ1) is 20.1. The molecule has 2 N–H and O–H groups in total. The summed E-state index contributed by atoms with van der Waals surface area (Å²) in [5.74, 6) is -1.14. The van der Waals surface area contributed by atoms with E-state index in [1.807, 2.05) is 45.0 Å². The van der Waals surface area contributed by atoms with Gasteiger partial charge in [0.15, 0.2) is 0 Å². The Bertz CT molecular complexity index is 911.